The van der Waals surface area contributed by atoms with E-state index in [1.54, 1.807) is 0 Å². The summed E-state index contributed by atoms with van der Waals surface area (Å²) < 4.78 is 7.44. The lowest BCUT2D eigenvalue weighted by molar-refractivity contribution is 0.0204. The summed E-state index contributed by atoms with van der Waals surface area (Å²) in [5.74, 6) is 0.693. The molecule has 0 radical (unpaired) electrons. The van der Waals surface area contributed by atoms with Crippen molar-refractivity contribution in [2.45, 2.75) is 52.6 Å². The number of nitrogens with zero attached hydrogens (tertiary/aromatic N) is 5. The number of pyridine rings is 1. The Hall–Kier alpha value is -2.58. The zero-order chi connectivity index (χ0) is 21.5. The van der Waals surface area contributed by atoms with Crippen LogP contribution in [0.25, 0.3) is 10.9 Å². The molecule has 1 N–H and O–H groups in total. The fraction of sp³-hybridized carbons (Fsp3) is 0.545. The minimum atomic E-state index is -0.344. The molecule has 0 bridgehead atoms. The molecule has 3 aromatic rings. The molecule has 8 nitrogen and oxygen atoms in total. The van der Waals surface area contributed by atoms with E-state index >= 15 is 0 Å². The molecule has 1 fully saturated rings. The van der Waals surface area contributed by atoms with Gasteiger partial charge < -0.3 is 9.72 Å². The Kier molecular flexibility index (Phi) is 5.46. The van der Waals surface area contributed by atoms with Crippen LogP contribution in [-0.2, 0) is 10.3 Å². The Morgan fingerprint density at radius 1 is 1.20 bits per heavy atom. The molecule has 1 saturated heterocycles. The molecule has 3 heterocycles. The quantitative estimate of drug-likeness (QED) is 0.696. The first-order chi connectivity index (χ1) is 14.3. The maximum absolute atomic E-state index is 13.3. The third-order valence-electron chi connectivity index (χ3n) is 6.22. The van der Waals surface area contributed by atoms with Gasteiger partial charge in [-0.25, -0.2) is 4.68 Å². The average Bonchev–Trinajstić information content (AvgIpc) is 3.20. The fourth-order valence-corrected chi connectivity index (χ4v) is 4.17. The van der Waals surface area contributed by atoms with Gasteiger partial charge in [-0.3, -0.25) is 9.69 Å². The first-order valence-electron chi connectivity index (χ1n) is 10.6. The van der Waals surface area contributed by atoms with Gasteiger partial charge in [-0.2, -0.15) is 0 Å². The Labute approximate surface area is 176 Å². The predicted molar refractivity (Wildman–Crippen MR) is 116 cm³/mol. The van der Waals surface area contributed by atoms with Crippen LogP contribution in [0, 0.1) is 13.8 Å². The predicted octanol–water partition coefficient (Wildman–Crippen LogP) is 2.70. The molecular weight excluding hydrogens is 380 g/mol. The summed E-state index contributed by atoms with van der Waals surface area (Å²) in [4.78, 5) is 18.6. The maximum Gasteiger partial charge on any atom is 0.253 e. The minimum absolute atomic E-state index is 0.104. The van der Waals surface area contributed by atoms with E-state index in [1.807, 2.05) is 23.7 Å². The molecule has 4 rings (SSSR count). The Morgan fingerprint density at radius 3 is 2.63 bits per heavy atom. The summed E-state index contributed by atoms with van der Waals surface area (Å²) in [6.45, 7) is 13.1. The van der Waals surface area contributed by atoms with E-state index in [2.05, 4.69) is 59.2 Å². The molecule has 0 amide bonds. The van der Waals surface area contributed by atoms with E-state index in [0.29, 0.717) is 37.7 Å². The molecule has 8 heteroatoms. The number of hydrogen-bond donors (Lipinski definition) is 1. The highest BCUT2D eigenvalue weighted by molar-refractivity contribution is 5.83. The fourth-order valence-electron chi connectivity index (χ4n) is 4.17. The number of morpholine rings is 1. The van der Waals surface area contributed by atoms with Crippen molar-refractivity contribution >= 4 is 10.9 Å². The summed E-state index contributed by atoms with van der Waals surface area (Å²) in [5, 5.41) is 13.7. The molecule has 0 spiro atoms. The molecule has 1 aliphatic heterocycles. The summed E-state index contributed by atoms with van der Waals surface area (Å²) in [7, 11) is 0. The van der Waals surface area contributed by atoms with Crippen molar-refractivity contribution in [3.8, 4) is 0 Å². The summed E-state index contributed by atoms with van der Waals surface area (Å²) in [6.07, 6.45) is 0.868. The molecule has 1 atom stereocenters. The number of fused-ring (bicyclic) bond motifs is 1. The number of benzene rings is 1. The van der Waals surface area contributed by atoms with Crippen LogP contribution in [0.2, 0.25) is 0 Å². The van der Waals surface area contributed by atoms with Gasteiger partial charge in [0.15, 0.2) is 5.82 Å². The number of aryl methyl sites for hydroxylation is 2. The highest BCUT2D eigenvalue weighted by Crippen LogP contribution is 2.31. The van der Waals surface area contributed by atoms with E-state index in [4.69, 9.17) is 4.74 Å². The molecule has 160 valence electrons. The number of H-pyrrole nitrogens is 1. The first-order valence-corrected chi connectivity index (χ1v) is 10.6. The van der Waals surface area contributed by atoms with Gasteiger partial charge in [-0.05, 0) is 67.8 Å². The first kappa shape index (κ1) is 20.7. The van der Waals surface area contributed by atoms with E-state index < -0.39 is 0 Å². The van der Waals surface area contributed by atoms with Gasteiger partial charge >= 0.3 is 0 Å². The van der Waals surface area contributed by atoms with Crippen LogP contribution in [0.1, 0.15) is 55.7 Å². The van der Waals surface area contributed by atoms with Gasteiger partial charge in [0.2, 0.25) is 0 Å². The SMILES string of the molecule is CCC(C)(C)n1nnnc1[C@H](c1cc2c(C)cc(C)cc2[nH]c1=O)N1CCOCC1. The van der Waals surface area contributed by atoms with Gasteiger partial charge in [-0.1, -0.05) is 13.0 Å². The number of aromatic nitrogens is 5. The van der Waals surface area contributed by atoms with E-state index in [1.165, 1.54) is 0 Å². The third-order valence-corrected chi connectivity index (χ3v) is 6.22. The van der Waals surface area contributed by atoms with Crippen LogP contribution >= 0.6 is 0 Å². The van der Waals surface area contributed by atoms with E-state index in [0.717, 1.165) is 28.5 Å². The van der Waals surface area contributed by atoms with Crippen LogP contribution in [-0.4, -0.2) is 56.4 Å². The zero-order valence-corrected chi connectivity index (χ0v) is 18.4. The largest absolute Gasteiger partial charge is 0.379 e. The van der Waals surface area contributed by atoms with Crippen LogP contribution in [0.4, 0.5) is 0 Å². The Bertz CT molecular complexity index is 1110. The maximum atomic E-state index is 13.3. The Morgan fingerprint density at radius 2 is 1.93 bits per heavy atom. The standard InChI is InChI=1S/C22H30N6O2/c1-6-22(4,5)28-20(24-25-26-28)19(27-7-9-30-10-8-27)17-13-16-15(3)11-14(2)12-18(16)23-21(17)29/h11-13,19H,6-10H2,1-5H3,(H,23,29)/t19-/m0/s1. The molecule has 1 aliphatic rings. The van der Waals surface area contributed by atoms with Crippen LogP contribution in [0.15, 0.2) is 23.0 Å². The van der Waals surface area contributed by atoms with E-state index in [9.17, 15) is 4.79 Å². The number of ether oxygens (including phenoxy) is 1. The zero-order valence-electron chi connectivity index (χ0n) is 18.4. The molecule has 1 aromatic carbocycles. The number of tetrazole rings is 1. The minimum Gasteiger partial charge on any atom is -0.379 e. The second-order valence-corrected chi connectivity index (χ2v) is 8.76. The third kappa shape index (κ3) is 3.65. The van der Waals surface area contributed by atoms with Crippen LogP contribution in [0.5, 0.6) is 0 Å². The number of aromatic amines is 1. The van der Waals surface area contributed by atoms with Gasteiger partial charge in [0.05, 0.1) is 18.8 Å². The molecular formula is C22H30N6O2. The van der Waals surface area contributed by atoms with Crippen molar-refractivity contribution < 1.29 is 4.74 Å². The van der Waals surface area contributed by atoms with Crippen molar-refractivity contribution in [1.82, 2.24) is 30.1 Å². The Balaban J connectivity index is 1.93. The number of rotatable bonds is 5. The smallest absolute Gasteiger partial charge is 0.253 e. The lowest BCUT2D eigenvalue weighted by Crippen LogP contribution is -2.43. The van der Waals surface area contributed by atoms with Crippen molar-refractivity contribution in [2.24, 2.45) is 0 Å². The lowest BCUT2D eigenvalue weighted by atomic mass is 9.98. The van der Waals surface area contributed by atoms with Gasteiger partial charge in [0.1, 0.15) is 6.04 Å². The second-order valence-electron chi connectivity index (χ2n) is 8.76. The molecule has 0 aliphatic carbocycles. The van der Waals surface area contributed by atoms with Gasteiger partial charge in [0, 0.05) is 29.6 Å². The van der Waals surface area contributed by atoms with Crippen molar-refractivity contribution in [3.05, 3.63) is 51.1 Å². The molecule has 30 heavy (non-hydrogen) atoms. The van der Waals surface area contributed by atoms with Crippen LogP contribution in [0.3, 0.4) is 0 Å². The number of nitrogens with one attached hydrogen (secondary N) is 1. The molecule has 0 saturated carbocycles. The molecule has 0 unspecified atom stereocenters. The van der Waals surface area contributed by atoms with Crippen molar-refractivity contribution in [1.29, 1.82) is 0 Å². The van der Waals surface area contributed by atoms with Crippen molar-refractivity contribution in [2.75, 3.05) is 26.3 Å². The highest BCUT2D eigenvalue weighted by atomic mass is 16.5. The second kappa shape index (κ2) is 7.92. The topological polar surface area (TPSA) is 88.9 Å². The monoisotopic (exact) mass is 410 g/mol. The summed E-state index contributed by atoms with van der Waals surface area (Å²) in [5.41, 5.74) is 3.42. The summed E-state index contributed by atoms with van der Waals surface area (Å²) in [6, 6.07) is 5.82. The number of hydrogen-bond acceptors (Lipinski definition) is 6. The van der Waals surface area contributed by atoms with E-state index in [-0.39, 0.29) is 17.1 Å². The summed E-state index contributed by atoms with van der Waals surface area (Å²) >= 11 is 0. The average molecular weight is 411 g/mol. The normalized spacial score (nSPS) is 16.8. The van der Waals surface area contributed by atoms with Crippen molar-refractivity contribution in [3.63, 3.8) is 0 Å². The molecule has 2 aromatic heterocycles. The van der Waals surface area contributed by atoms with Crippen LogP contribution < -0.4 is 5.56 Å². The lowest BCUT2D eigenvalue weighted by Gasteiger charge is -2.35. The highest BCUT2D eigenvalue weighted by Gasteiger charge is 2.35. The van der Waals surface area contributed by atoms with Gasteiger partial charge in [0.25, 0.3) is 5.56 Å². The van der Waals surface area contributed by atoms with Gasteiger partial charge in [-0.15, -0.1) is 5.10 Å².